The van der Waals surface area contributed by atoms with Crippen LogP contribution in [0.2, 0.25) is 0 Å². The van der Waals surface area contributed by atoms with Crippen LogP contribution in [0.25, 0.3) is 0 Å². The van der Waals surface area contributed by atoms with Gasteiger partial charge in [0.05, 0.1) is 12.2 Å². The summed E-state index contributed by atoms with van der Waals surface area (Å²) in [4.78, 5) is 0. The second-order valence-electron chi connectivity index (χ2n) is 8.79. The molecule has 0 spiro atoms. The van der Waals surface area contributed by atoms with E-state index in [4.69, 9.17) is 0 Å². The first-order valence-corrected chi connectivity index (χ1v) is 9.01. The van der Waals surface area contributed by atoms with Crippen molar-refractivity contribution < 1.29 is 10.2 Å². The van der Waals surface area contributed by atoms with Gasteiger partial charge in [-0.05, 0) is 80.0 Å². The molecule has 3 fully saturated rings. The van der Waals surface area contributed by atoms with Gasteiger partial charge >= 0.3 is 0 Å². The third-order valence-electron chi connectivity index (χ3n) is 8.03. The fourth-order valence-electron chi connectivity index (χ4n) is 6.61. The molecule has 118 valence electrons. The molecule has 0 amide bonds. The Balaban J connectivity index is 1.68. The molecule has 0 bridgehead atoms. The summed E-state index contributed by atoms with van der Waals surface area (Å²) < 4.78 is 0. The lowest BCUT2D eigenvalue weighted by Crippen LogP contribution is -2.51. The Labute approximate surface area is 128 Å². The van der Waals surface area contributed by atoms with Gasteiger partial charge in [-0.1, -0.05) is 25.5 Å². The van der Waals surface area contributed by atoms with Crippen LogP contribution in [0.5, 0.6) is 0 Å². The van der Waals surface area contributed by atoms with Gasteiger partial charge in [-0.3, -0.25) is 0 Å². The fraction of sp³-hybridized carbons (Fsp3) is 0.895. The molecule has 4 unspecified atom stereocenters. The van der Waals surface area contributed by atoms with Crippen molar-refractivity contribution in [1.29, 1.82) is 0 Å². The van der Waals surface area contributed by atoms with Crippen LogP contribution in [-0.2, 0) is 0 Å². The SMILES string of the molecule is CC12CC[C@H](O)CC1=CCC1[C@@H]2CCC2(C)C(O)CC[C@@H]12. The average Bonchev–Trinajstić information content (AvgIpc) is 2.76. The first-order valence-electron chi connectivity index (χ1n) is 9.01. The molecule has 0 aromatic rings. The molecule has 21 heavy (non-hydrogen) atoms. The molecule has 4 rings (SSSR count). The third-order valence-corrected chi connectivity index (χ3v) is 8.03. The summed E-state index contributed by atoms with van der Waals surface area (Å²) in [6.07, 6.45) is 11.2. The predicted molar refractivity (Wildman–Crippen MR) is 83.7 cm³/mol. The van der Waals surface area contributed by atoms with E-state index in [9.17, 15) is 10.2 Å². The van der Waals surface area contributed by atoms with Crippen LogP contribution >= 0.6 is 0 Å². The van der Waals surface area contributed by atoms with E-state index in [0.29, 0.717) is 11.3 Å². The molecular weight excluding hydrogens is 260 g/mol. The van der Waals surface area contributed by atoms with Gasteiger partial charge in [0.15, 0.2) is 0 Å². The van der Waals surface area contributed by atoms with Gasteiger partial charge in [0.2, 0.25) is 0 Å². The van der Waals surface area contributed by atoms with Crippen molar-refractivity contribution >= 4 is 0 Å². The van der Waals surface area contributed by atoms with Gasteiger partial charge < -0.3 is 10.2 Å². The van der Waals surface area contributed by atoms with Crippen LogP contribution in [-0.4, -0.2) is 22.4 Å². The minimum absolute atomic E-state index is 0.0742. The Morgan fingerprint density at radius 2 is 1.81 bits per heavy atom. The average molecular weight is 290 g/mol. The van der Waals surface area contributed by atoms with E-state index in [1.165, 1.54) is 25.7 Å². The summed E-state index contributed by atoms with van der Waals surface area (Å²) in [6.45, 7) is 4.81. The smallest absolute Gasteiger partial charge is 0.0596 e. The number of allylic oxidation sites excluding steroid dienone is 1. The molecular formula is C19H30O2. The number of hydrogen-bond acceptors (Lipinski definition) is 2. The molecule has 2 N–H and O–H groups in total. The molecule has 2 heteroatoms. The standard InChI is InChI=1S/C19H30O2/c1-18-9-7-13(20)11-12(18)3-4-14-15-5-6-17(21)19(15,2)10-8-16(14)18/h3,13-17,20-21H,4-11H2,1-2H3/t13-,14?,15-,16-,17?,18?,19?/m0/s1. The highest BCUT2D eigenvalue weighted by Gasteiger charge is 2.58. The second-order valence-corrected chi connectivity index (χ2v) is 8.79. The monoisotopic (exact) mass is 290 g/mol. The van der Waals surface area contributed by atoms with Crippen molar-refractivity contribution in [3.63, 3.8) is 0 Å². The first kappa shape index (κ1) is 14.3. The van der Waals surface area contributed by atoms with E-state index in [0.717, 1.165) is 37.5 Å². The molecule has 0 aromatic carbocycles. The Morgan fingerprint density at radius 3 is 2.62 bits per heavy atom. The largest absolute Gasteiger partial charge is 0.393 e. The lowest BCUT2D eigenvalue weighted by atomic mass is 9.48. The predicted octanol–water partition coefficient (Wildman–Crippen LogP) is 3.67. The molecule has 3 saturated carbocycles. The maximum atomic E-state index is 10.5. The minimum atomic E-state index is -0.108. The van der Waals surface area contributed by atoms with Crippen LogP contribution in [0.1, 0.15) is 65.2 Å². The fourth-order valence-corrected chi connectivity index (χ4v) is 6.61. The quantitative estimate of drug-likeness (QED) is 0.668. The summed E-state index contributed by atoms with van der Waals surface area (Å²) in [5, 5.41) is 20.5. The van der Waals surface area contributed by atoms with Gasteiger partial charge in [0.1, 0.15) is 0 Å². The lowest BCUT2D eigenvalue weighted by Gasteiger charge is -2.57. The number of rotatable bonds is 0. The molecule has 7 atom stereocenters. The Morgan fingerprint density at radius 1 is 1.00 bits per heavy atom. The van der Waals surface area contributed by atoms with E-state index < -0.39 is 0 Å². The lowest BCUT2D eigenvalue weighted by molar-refractivity contribution is -0.0711. The summed E-state index contributed by atoms with van der Waals surface area (Å²) in [5.41, 5.74) is 2.05. The van der Waals surface area contributed by atoms with Gasteiger partial charge in [-0.2, -0.15) is 0 Å². The van der Waals surface area contributed by atoms with Crippen LogP contribution in [0.15, 0.2) is 11.6 Å². The van der Waals surface area contributed by atoms with Crippen molar-refractivity contribution in [3.8, 4) is 0 Å². The zero-order valence-corrected chi connectivity index (χ0v) is 13.5. The third kappa shape index (κ3) is 1.84. The minimum Gasteiger partial charge on any atom is -0.393 e. The van der Waals surface area contributed by atoms with Gasteiger partial charge in [-0.15, -0.1) is 0 Å². The highest BCUT2D eigenvalue weighted by molar-refractivity contribution is 5.25. The van der Waals surface area contributed by atoms with Crippen LogP contribution < -0.4 is 0 Å². The van der Waals surface area contributed by atoms with Gasteiger partial charge in [-0.25, -0.2) is 0 Å². The molecule has 4 aliphatic carbocycles. The summed E-state index contributed by atoms with van der Waals surface area (Å²) in [7, 11) is 0. The molecule has 0 aromatic heterocycles. The van der Waals surface area contributed by atoms with E-state index in [1.807, 2.05) is 0 Å². The molecule has 0 radical (unpaired) electrons. The molecule has 0 heterocycles. The normalized spacial score (nSPS) is 56.2. The summed E-state index contributed by atoms with van der Waals surface area (Å²) >= 11 is 0. The number of aliphatic hydroxyl groups is 2. The summed E-state index contributed by atoms with van der Waals surface area (Å²) in [5.74, 6) is 2.27. The Kier molecular flexibility index (Phi) is 3.11. The molecule has 0 aliphatic heterocycles. The zero-order valence-electron chi connectivity index (χ0n) is 13.5. The van der Waals surface area contributed by atoms with Crippen molar-refractivity contribution in [2.75, 3.05) is 0 Å². The highest BCUT2D eigenvalue weighted by atomic mass is 16.3. The van der Waals surface area contributed by atoms with Crippen LogP contribution in [0, 0.1) is 28.6 Å². The van der Waals surface area contributed by atoms with Crippen molar-refractivity contribution in [2.45, 2.75) is 77.4 Å². The number of fused-ring (bicyclic) bond motifs is 5. The van der Waals surface area contributed by atoms with Gasteiger partial charge in [0.25, 0.3) is 0 Å². The van der Waals surface area contributed by atoms with E-state index in [2.05, 4.69) is 19.9 Å². The molecule has 4 aliphatic rings. The second kappa shape index (κ2) is 4.58. The van der Waals surface area contributed by atoms with E-state index in [1.54, 1.807) is 5.57 Å². The maximum Gasteiger partial charge on any atom is 0.0596 e. The maximum absolute atomic E-state index is 10.5. The molecule has 0 saturated heterocycles. The highest BCUT2D eigenvalue weighted by Crippen LogP contribution is 2.64. The molecule has 2 nitrogen and oxygen atoms in total. The van der Waals surface area contributed by atoms with Crippen molar-refractivity contribution in [3.05, 3.63) is 11.6 Å². The number of aliphatic hydroxyl groups excluding tert-OH is 2. The van der Waals surface area contributed by atoms with Crippen molar-refractivity contribution in [1.82, 2.24) is 0 Å². The van der Waals surface area contributed by atoms with E-state index in [-0.39, 0.29) is 17.6 Å². The Hall–Kier alpha value is -0.340. The van der Waals surface area contributed by atoms with E-state index >= 15 is 0 Å². The number of hydrogen-bond donors (Lipinski definition) is 2. The Bertz CT molecular complexity index is 470. The van der Waals surface area contributed by atoms with Crippen molar-refractivity contribution in [2.24, 2.45) is 28.6 Å². The first-order chi connectivity index (χ1) is 9.95. The topological polar surface area (TPSA) is 40.5 Å². The van der Waals surface area contributed by atoms with Crippen LogP contribution in [0.3, 0.4) is 0 Å². The van der Waals surface area contributed by atoms with Gasteiger partial charge in [0, 0.05) is 0 Å². The van der Waals surface area contributed by atoms with Crippen LogP contribution in [0.4, 0.5) is 0 Å². The zero-order chi connectivity index (χ0) is 14.8. The summed E-state index contributed by atoms with van der Waals surface area (Å²) in [6, 6.07) is 0.